The maximum Gasteiger partial charge on any atom is 0.249 e. The maximum absolute atomic E-state index is 11.3. The highest BCUT2D eigenvalue weighted by Crippen LogP contribution is 2.16. The van der Waals surface area contributed by atoms with E-state index >= 15 is 0 Å². The number of nitrogens with zero attached hydrogens (tertiary/aromatic N) is 3. The van der Waals surface area contributed by atoms with Crippen LogP contribution in [0.3, 0.4) is 0 Å². The molecule has 0 atom stereocenters. The van der Waals surface area contributed by atoms with Crippen LogP contribution in [0, 0.1) is 0 Å². The molecule has 7 heteroatoms. The minimum Gasteiger partial charge on any atom is -0.497 e. The Bertz CT molecular complexity index is 912. The molecule has 1 heterocycles. The van der Waals surface area contributed by atoms with E-state index in [4.69, 9.17) is 4.74 Å². The summed E-state index contributed by atoms with van der Waals surface area (Å²) in [6.45, 7) is 2.24. The van der Waals surface area contributed by atoms with Crippen molar-refractivity contribution in [1.29, 1.82) is 0 Å². The van der Waals surface area contributed by atoms with Crippen molar-refractivity contribution in [3.8, 4) is 5.75 Å². The van der Waals surface area contributed by atoms with E-state index in [1.807, 2.05) is 30.3 Å². The van der Waals surface area contributed by atoms with Gasteiger partial charge in [0.2, 0.25) is 5.95 Å². The number of nitrogens with one attached hydrogen (secondary N) is 2. The van der Waals surface area contributed by atoms with Gasteiger partial charge in [0.05, 0.1) is 13.3 Å². The molecule has 3 aromatic rings. The maximum atomic E-state index is 11.3. The molecule has 2 N–H and O–H groups in total. The van der Waals surface area contributed by atoms with Crippen LogP contribution in [-0.4, -0.2) is 34.6 Å². The summed E-state index contributed by atoms with van der Waals surface area (Å²) in [5.74, 6) is 1.90. The number of hydrogen-bond acceptors (Lipinski definition) is 7. The standard InChI is InChI=1S/C20H21N5O2/c1-14(26)16-6-8-17(9-7-16)23-20-24-19(13-22-25-20)21-11-10-15-4-3-5-18(12-15)27-2/h3-9,12-13H,10-11H2,1-2H3,(H2,21,23,24,25). The van der Waals surface area contributed by atoms with Crippen molar-refractivity contribution in [1.82, 2.24) is 15.2 Å². The molecule has 7 nitrogen and oxygen atoms in total. The molecule has 0 unspecified atom stereocenters. The van der Waals surface area contributed by atoms with Crippen LogP contribution in [0.1, 0.15) is 22.8 Å². The van der Waals surface area contributed by atoms with E-state index in [0.717, 1.165) is 17.9 Å². The van der Waals surface area contributed by atoms with Gasteiger partial charge in [-0.1, -0.05) is 12.1 Å². The minimum absolute atomic E-state index is 0.0294. The molecule has 2 aromatic carbocycles. The second-order valence-electron chi connectivity index (χ2n) is 5.95. The largest absolute Gasteiger partial charge is 0.497 e. The molecule has 138 valence electrons. The average molecular weight is 363 g/mol. The zero-order chi connectivity index (χ0) is 19.1. The molecule has 0 aliphatic heterocycles. The molecule has 0 aliphatic carbocycles. The van der Waals surface area contributed by atoms with E-state index < -0.39 is 0 Å². The highest BCUT2D eigenvalue weighted by molar-refractivity contribution is 5.94. The summed E-state index contributed by atoms with van der Waals surface area (Å²) in [7, 11) is 1.66. The van der Waals surface area contributed by atoms with Crippen LogP contribution in [0.25, 0.3) is 0 Å². The van der Waals surface area contributed by atoms with Gasteiger partial charge in [-0.3, -0.25) is 4.79 Å². The summed E-state index contributed by atoms with van der Waals surface area (Å²) in [5.41, 5.74) is 2.62. The number of ether oxygens (including phenoxy) is 1. The van der Waals surface area contributed by atoms with Crippen molar-refractivity contribution in [2.24, 2.45) is 0 Å². The van der Waals surface area contributed by atoms with E-state index in [9.17, 15) is 4.79 Å². The number of carbonyl (C=O) groups is 1. The second-order valence-corrected chi connectivity index (χ2v) is 5.95. The van der Waals surface area contributed by atoms with Crippen molar-refractivity contribution in [3.05, 3.63) is 65.9 Å². The topological polar surface area (TPSA) is 89.0 Å². The summed E-state index contributed by atoms with van der Waals surface area (Å²) in [6, 6.07) is 15.1. The second kappa shape index (κ2) is 8.75. The van der Waals surface area contributed by atoms with Gasteiger partial charge in [0.15, 0.2) is 11.6 Å². The minimum atomic E-state index is 0.0294. The van der Waals surface area contributed by atoms with Crippen LogP contribution in [-0.2, 0) is 6.42 Å². The van der Waals surface area contributed by atoms with Crippen LogP contribution in [0.15, 0.2) is 54.7 Å². The zero-order valence-electron chi connectivity index (χ0n) is 15.3. The number of aromatic nitrogens is 3. The molecule has 0 fully saturated rings. The molecular weight excluding hydrogens is 342 g/mol. The number of anilines is 3. The van der Waals surface area contributed by atoms with Crippen LogP contribution in [0.5, 0.6) is 5.75 Å². The first-order valence-electron chi connectivity index (χ1n) is 8.58. The van der Waals surface area contributed by atoms with Crippen LogP contribution < -0.4 is 15.4 Å². The first-order valence-corrected chi connectivity index (χ1v) is 8.58. The average Bonchev–Trinajstić information content (AvgIpc) is 2.69. The number of benzene rings is 2. The molecule has 0 saturated carbocycles. The van der Waals surface area contributed by atoms with Crippen LogP contribution in [0.4, 0.5) is 17.5 Å². The van der Waals surface area contributed by atoms with E-state index in [2.05, 4.69) is 31.9 Å². The molecule has 0 radical (unpaired) electrons. The van der Waals surface area contributed by atoms with Gasteiger partial charge in [0, 0.05) is 17.8 Å². The predicted octanol–water partition coefficient (Wildman–Crippen LogP) is 3.48. The van der Waals surface area contributed by atoms with Gasteiger partial charge < -0.3 is 15.4 Å². The third-order valence-electron chi connectivity index (χ3n) is 3.96. The molecule has 0 saturated heterocycles. The smallest absolute Gasteiger partial charge is 0.249 e. The number of hydrogen-bond donors (Lipinski definition) is 2. The summed E-state index contributed by atoms with van der Waals surface area (Å²) in [6.07, 6.45) is 2.41. The normalized spacial score (nSPS) is 10.3. The van der Waals surface area contributed by atoms with Crippen molar-refractivity contribution in [3.63, 3.8) is 0 Å². The van der Waals surface area contributed by atoms with Gasteiger partial charge in [-0.05, 0) is 55.3 Å². The lowest BCUT2D eigenvalue weighted by Crippen LogP contribution is -2.09. The van der Waals surface area contributed by atoms with Gasteiger partial charge in [0.25, 0.3) is 0 Å². The Kier molecular flexibility index (Phi) is 5.94. The first-order chi connectivity index (χ1) is 13.1. The number of ketones is 1. The van der Waals surface area contributed by atoms with Gasteiger partial charge in [-0.25, -0.2) is 0 Å². The fraction of sp³-hybridized carbons (Fsp3) is 0.200. The number of carbonyl (C=O) groups excluding carboxylic acids is 1. The van der Waals surface area contributed by atoms with Gasteiger partial charge in [0.1, 0.15) is 5.75 Å². The Labute approximate surface area is 157 Å². The Morgan fingerprint density at radius 3 is 2.70 bits per heavy atom. The predicted molar refractivity (Wildman–Crippen MR) is 105 cm³/mol. The summed E-state index contributed by atoms with van der Waals surface area (Å²) < 4.78 is 5.23. The van der Waals surface area contributed by atoms with Gasteiger partial charge >= 0.3 is 0 Å². The Balaban J connectivity index is 1.57. The van der Waals surface area contributed by atoms with E-state index in [1.54, 1.807) is 25.4 Å². The zero-order valence-corrected chi connectivity index (χ0v) is 15.3. The lowest BCUT2D eigenvalue weighted by atomic mass is 10.1. The Morgan fingerprint density at radius 2 is 1.96 bits per heavy atom. The summed E-state index contributed by atoms with van der Waals surface area (Å²) in [4.78, 5) is 15.7. The van der Waals surface area contributed by atoms with Crippen molar-refractivity contribution >= 4 is 23.2 Å². The molecule has 0 spiro atoms. The SMILES string of the molecule is COc1cccc(CCNc2cnnc(Nc3ccc(C(C)=O)cc3)n2)c1. The fourth-order valence-corrected chi connectivity index (χ4v) is 2.52. The Morgan fingerprint density at radius 1 is 1.15 bits per heavy atom. The molecule has 3 rings (SSSR count). The number of Topliss-reactive ketones (excluding diaryl/α,β-unsaturated/α-hetero) is 1. The van der Waals surface area contributed by atoms with Crippen LogP contribution in [0.2, 0.25) is 0 Å². The number of methoxy groups -OCH3 is 1. The van der Waals surface area contributed by atoms with Gasteiger partial charge in [-0.2, -0.15) is 10.1 Å². The highest BCUT2D eigenvalue weighted by Gasteiger charge is 2.03. The van der Waals surface area contributed by atoms with E-state index in [0.29, 0.717) is 23.9 Å². The molecular formula is C20H21N5O2. The van der Waals surface area contributed by atoms with Crippen LogP contribution >= 0.6 is 0 Å². The highest BCUT2D eigenvalue weighted by atomic mass is 16.5. The molecule has 27 heavy (non-hydrogen) atoms. The summed E-state index contributed by atoms with van der Waals surface area (Å²) >= 11 is 0. The summed E-state index contributed by atoms with van der Waals surface area (Å²) in [5, 5.41) is 14.3. The molecule has 0 bridgehead atoms. The van der Waals surface area contributed by atoms with E-state index in [1.165, 1.54) is 12.5 Å². The van der Waals surface area contributed by atoms with Crippen molar-refractivity contribution in [2.45, 2.75) is 13.3 Å². The molecule has 0 amide bonds. The molecule has 1 aromatic heterocycles. The monoisotopic (exact) mass is 363 g/mol. The lowest BCUT2D eigenvalue weighted by molar-refractivity contribution is 0.101. The quantitative estimate of drug-likeness (QED) is 0.592. The van der Waals surface area contributed by atoms with Gasteiger partial charge in [-0.15, -0.1) is 5.10 Å². The van der Waals surface area contributed by atoms with E-state index in [-0.39, 0.29) is 5.78 Å². The lowest BCUT2D eigenvalue weighted by Gasteiger charge is -2.08. The fourth-order valence-electron chi connectivity index (χ4n) is 2.52. The van der Waals surface area contributed by atoms with Crippen molar-refractivity contribution in [2.75, 3.05) is 24.3 Å². The Hall–Kier alpha value is -3.48. The molecule has 0 aliphatic rings. The third-order valence-corrected chi connectivity index (χ3v) is 3.96. The number of rotatable bonds is 8. The van der Waals surface area contributed by atoms with Crippen molar-refractivity contribution < 1.29 is 9.53 Å². The first kappa shape index (κ1) is 18.3. The third kappa shape index (κ3) is 5.24.